The first-order chi connectivity index (χ1) is 11.5. The number of hydrogen-bond acceptors (Lipinski definition) is 5. The van der Waals surface area contributed by atoms with Gasteiger partial charge in [-0.2, -0.15) is 0 Å². The molecule has 0 saturated heterocycles. The highest BCUT2D eigenvalue weighted by Gasteiger charge is 2.21. The van der Waals surface area contributed by atoms with E-state index in [4.69, 9.17) is 4.74 Å². The number of aromatic nitrogens is 1. The van der Waals surface area contributed by atoms with Gasteiger partial charge >= 0.3 is 5.97 Å². The number of nitrogens with one attached hydrogen (secondary N) is 1. The Morgan fingerprint density at radius 1 is 1.33 bits per heavy atom. The van der Waals surface area contributed by atoms with Crippen LogP contribution in [-0.4, -0.2) is 35.6 Å². The average Bonchev–Trinajstić information content (AvgIpc) is 2.93. The van der Waals surface area contributed by atoms with Crippen LogP contribution < -0.4 is 5.32 Å². The Labute approximate surface area is 144 Å². The van der Waals surface area contributed by atoms with E-state index in [0.29, 0.717) is 23.6 Å². The second kappa shape index (κ2) is 8.56. The molecule has 1 atom stereocenters. The molecule has 0 aliphatic rings. The predicted molar refractivity (Wildman–Crippen MR) is 91.2 cm³/mol. The molecule has 6 nitrogen and oxygen atoms in total. The number of hydrogen-bond donors (Lipinski definition) is 2. The maximum atomic E-state index is 12.3. The van der Waals surface area contributed by atoms with Gasteiger partial charge in [0.1, 0.15) is 9.88 Å². The lowest BCUT2D eigenvalue weighted by Gasteiger charge is -2.13. The third kappa shape index (κ3) is 4.87. The fourth-order valence-electron chi connectivity index (χ4n) is 2.29. The van der Waals surface area contributed by atoms with E-state index in [-0.39, 0.29) is 12.5 Å². The number of methoxy groups -OCH3 is 1. The molecule has 2 rings (SSSR count). The van der Waals surface area contributed by atoms with Gasteiger partial charge in [0, 0.05) is 13.7 Å². The molecule has 0 fully saturated rings. The highest BCUT2D eigenvalue weighted by molar-refractivity contribution is 7.13. The molecule has 128 valence electrons. The maximum absolute atomic E-state index is 12.3. The molecular formula is C17H20N2O4S. The van der Waals surface area contributed by atoms with Gasteiger partial charge < -0.3 is 15.2 Å². The number of thiazole rings is 1. The minimum Gasteiger partial charge on any atom is -0.481 e. The van der Waals surface area contributed by atoms with Crippen molar-refractivity contribution in [3.63, 3.8) is 0 Å². The van der Waals surface area contributed by atoms with E-state index in [0.717, 1.165) is 10.6 Å². The van der Waals surface area contributed by atoms with Gasteiger partial charge in [-0.05, 0) is 18.9 Å². The molecule has 0 aliphatic carbocycles. The highest BCUT2D eigenvalue weighted by atomic mass is 32.1. The summed E-state index contributed by atoms with van der Waals surface area (Å²) in [6.45, 7) is 2.17. The van der Waals surface area contributed by atoms with Crippen molar-refractivity contribution in [3.05, 3.63) is 51.5 Å². The first-order valence-electron chi connectivity index (χ1n) is 7.51. The van der Waals surface area contributed by atoms with E-state index in [1.165, 1.54) is 11.3 Å². The van der Waals surface area contributed by atoms with E-state index in [2.05, 4.69) is 10.3 Å². The number of carbonyl (C=O) groups is 2. The summed E-state index contributed by atoms with van der Waals surface area (Å²) >= 11 is 1.26. The molecule has 1 aromatic heterocycles. The van der Waals surface area contributed by atoms with Crippen LogP contribution >= 0.6 is 11.3 Å². The standard InChI is InChI=1S/C17H20N2O4S/c1-11-15(24-14(19-11)10-23-2)16(20)18-9-13(17(21)22)8-12-6-4-3-5-7-12/h3-7,13H,8-10H2,1-2H3,(H,18,20)(H,21,22). The lowest BCUT2D eigenvalue weighted by Crippen LogP contribution is -2.34. The van der Waals surface area contributed by atoms with Crippen LogP contribution in [0.1, 0.15) is 25.9 Å². The monoisotopic (exact) mass is 348 g/mol. The molecule has 7 heteroatoms. The summed E-state index contributed by atoms with van der Waals surface area (Å²) in [5.74, 6) is -1.91. The number of aliphatic carboxylic acids is 1. The summed E-state index contributed by atoms with van der Waals surface area (Å²) in [4.78, 5) is 28.5. The Hall–Kier alpha value is -2.25. The van der Waals surface area contributed by atoms with Crippen molar-refractivity contribution < 1.29 is 19.4 Å². The molecule has 0 radical (unpaired) electrons. The summed E-state index contributed by atoms with van der Waals surface area (Å²) in [6.07, 6.45) is 0.368. The molecular weight excluding hydrogens is 328 g/mol. The van der Waals surface area contributed by atoms with Gasteiger partial charge in [0.05, 0.1) is 18.2 Å². The molecule has 1 amide bonds. The third-order valence-electron chi connectivity index (χ3n) is 3.50. The van der Waals surface area contributed by atoms with Crippen LogP contribution in [0.2, 0.25) is 0 Å². The van der Waals surface area contributed by atoms with E-state index < -0.39 is 11.9 Å². The quantitative estimate of drug-likeness (QED) is 0.764. The van der Waals surface area contributed by atoms with E-state index in [1.807, 2.05) is 30.3 Å². The SMILES string of the molecule is COCc1nc(C)c(C(=O)NCC(Cc2ccccc2)C(=O)O)s1. The Morgan fingerprint density at radius 3 is 2.67 bits per heavy atom. The van der Waals surface area contributed by atoms with Gasteiger partial charge in [0.15, 0.2) is 0 Å². The van der Waals surface area contributed by atoms with Crippen molar-refractivity contribution in [3.8, 4) is 0 Å². The van der Waals surface area contributed by atoms with Crippen LogP contribution in [0.25, 0.3) is 0 Å². The Bertz CT molecular complexity index is 700. The van der Waals surface area contributed by atoms with Crippen molar-refractivity contribution in [2.45, 2.75) is 20.0 Å². The van der Waals surface area contributed by atoms with Crippen LogP contribution in [0, 0.1) is 12.8 Å². The molecule has 2 aromatic rings. The number of benzene rings is 1. The largest absolute Gasteiger partial charge is 0.481 e. The zero-order chi connectivity index (χ0) is 17.5. The molecule has 1 aromatic carbocycles. The van der Waals surface area contributed by atoms with Crippen LogP contribution in [0.15, 0.2) is 30.3 Å². The average molecular weight is 348 g/mol. The first-order valence-corrected chi connectivity index (χ1v) is 8.33. The Kier molecular flexibility index (Phi) is 6.45. The summed E-state index contributed by atoms with van der Waals surface area (Å²) in [5, 5.41) is 12.8. The number of carbonyl (C=O) groups excluding carboxylic acids is 1. The summed E-state index contributed by atoms with van der Waals surface area (Å²) in [7, 11) is 1.57. The van der Waals surface area contributed by atoms with Gasteiger partial charge in [0.2, 0.25) is 0 Å². The molecule has 24 heavy (non-hydrogen) atoms. The Balaban J connectivity index is 1.98. The Morgan fingerprint density at radius 2 is 2.04 bits per heavy atom. The summed E-state index contributed by atoms with van der Waals surface area (Å²) < 4.78 is 5.01. The second-order valence-electron chi connectivity index (χ2n) is 5.39. The minimum atomic E-state index is -0.930. The zero-order valence-corrected chi connectivity index (χ0v) is 14.4. The van der Waals surface area contributed by atoms with Crippen LogP contribution in [-0.2, 0) is 22.6 Å². The molecule has 0 aliphatic heterocycles. The fourth-order valence-corrected chi connectivity index (χ4v) is 3.24. The number of carboxylic acid groups (broad SMARTS) is 1. The van der Waals surface area contributed by atoms with E-state index in [1.54, 1.807) is 14.0 Å². The number of carboxylic acids is 1. The van der Waals surface area contributed by atoms with E-state index >= 15 is 0 Å². The van der Waals surface area contributed by atoms with Crippen LogP contribution in [0.5, 0.6) is 0 Å². The van der Waals surface area contributed by atoms with Crippen molar-refractivity contribution >= 4 is 23.2 Å². The molecule has 2 N–H and O–H groups in total. The molecule has 1 unspecified atom stereocenters. The zero-order valence-electron chi connectivity index (χ0n) is 13.6. The lowest BCUT2D eigenvalue weighted by molar-refractivity contribution is -0.141. The summed E-state index contributed by atoms with van der Waals surface area (Å²) in [6, 6.07) is 9.37. The van der Waals surface area contributed by atoms with Crippen molar-refractivity contribution in [2.75, 3.05) is 13.7 Å². The van der Waals surface area contributed by atoms with Crippen LogP contribution in [0.4, 0.5) is 0 Å². The molecule has 0 bridgehead atoms. The smallest absolute Gasteiger partial charge is 0.308 e. The summed E-state index contributed by atoms with van der Waals surface area (Å²) in [5.41, 5.74) is 1.55. The normalized spacial score (nSPS) is 11.9. The molecule has 0 saturated carbocycles. The van der Waals surface area contributed by atoms with Crippen molar-refractivity contribution in [2.24, 2.45) is 5.92 Å². The third-order valence-corrected chi connectivity index (χ3v) is 4.63. The van der Waals surface area contributed by atoms with Gasteiger partial charge in [-0.3, -0.25) is 9.59 Å². The minimum absolute atomic E-state index is 0.0695. The van der Waals surface area contributed by atoms with Crippen LogP contribution in [0.3, 0.4) is 0 Å². The first kappa shape index (κ1) is 18.1. The van der Waals surface area contributed by atoms with Gasteiger partial charge in [-0.25, -0.2) is 4.98 Å². The lowest BCUT2D eigenvalue weighted by atomic mass is 9.99. The van der Waals surface area contributed by atoms with E-state index in [9.17, 15) is 14.7 Å². The number of nitrogens with zero attached hydrogens (tertiary/aromatic N) is 1. The second-order valence-corrected chi connectivity index (χ2v) is 6.47. The maximum Gasteiger partial charge on any atom is 0.308 e. The molecule has 0 spiro atoms. The molecule has 1 heterocycles. The van der Waals surface area contributed by atoms with Crippen molar-refractivity contribution in [1.82, 2.24) is 10.3 Å². The van der Waals surface area contributed by atoms with Gasteiger partial charge in [0.25, 0.3) is 5.91 Å². The fraction of sp³-hybridized carbons (Fsp3) is 0.353. The number of amides is 1. The van der Waals surface area contributed by atoms with Gasteiger partial charge in [-0.15, -0.1) is 11.3 Å². The number of aryl methyl sites for hydroxylation is 1. The van der Waals surface area contributed by atoms with Gasteiger partial charge in [-0.1, -0.05) is 30.3 Å². The van der Waals surface area contributed by atoms with Crippen molar-refractivity contribution in [1.29, 1.82) is 0 Å². The highest BCUT2D eigenvalue weighted by Crippen LogP contribution is 2.19. The number of ether oxygens (including phenoxy) is 1. The predicted octanol–water partition coefficient (Wildman–Crippen LogP) is 2.27. The number of rotatable bonds is 8. The topological polar surface area (TPSA) is 88.5 Å².